The van der Waals surface area contributed by atoms with Crippen molar-refractivity contribution in [3.8, 4) is 0 Å². The summed E-state index contributed by atoms with van der Waals surface area (Å²) in [6.45, 7) is 10.6. The minimum atomic E-state index is -0.112. The molecule has 1 saturated heterocycles. The van der Waals surface area contributed by atoms with Crippen LogP contribution >= 0.6 is 11.3 Å². The first kappa shape index (κ1) is 15.5. The lowest BCUT2D eigenvalue weighted by molar-refractivity contribution is -0.137. The predicted octanol–water partition coefficient (Wildman–Crippen LogP) is 1.95. The van der Waals surface area contributed by atoms with Crippen LogP contribution in [0.25, 0.3) is 0 Å². The lowest BCUT2D eigenvalue weighted by Gasteiger charge is -2.38. The lowest BCUT2D eigenvalue weighted by Crippen LogP contribution is -2.53. The number of thiophene rings is 1. The Kier molecular flexibility index (Phi) is 5.57. The first-order valence-corrected chi connectivity index (χ1v) is 8.35. The maximum absolute atomic E-state index is 12.9. The lowest BCUT2D eigenvalue weighted by atomic mass is 10.1. The van der Waals surface area contributed by atoms with Crippen molar-refractivity contribution in [3.05, 3.63) is 22.4 Å². The molecule has 0 radical (unpaired) electrons. The highest BCUT2D eigenvalue weighted by Gasteiger charge is 2.33. The molecule has 2 rings (SSSR count). The van der Waals surface area contributed by atoms with Gasteiger partial charge in [0.15, 0.2) is 0 Å². The number of rotatable bonds is 5. The second-order valence-electron chi connectivity index (χ2n) is 5.28. The van der Waals surface area contributed by atoms with E-state index in [4.69, 9.17) is 0 Å². The van der Waals surface area contributed by atoms with Gasteiger partial charge in [-0.1, -0.05) is 6.07 Å². The number of hydrogen-bond donors (Lipinski definition) is 1. The van der Waals surface area contributed by atoms with Crippen molar-refractivity contribution >= 4 is 17.2 Å². The third-order valence-corrected chi connectivity index (χ3v) is 4.81. The van der Waals surface area contributed by atoms with Gasteiger partial charge in [-0.25, -0.2) is 0 Å². The molecule has 2 unspecified atom stereocenters. The van der Waals surface area contributed by atoms with E-state index >= 15 is 0 Å². The smallest absolute Gasteiger partial charge is 0.245 e. The first-order valence-electron chi connectivity index (χ1n) is 7.47. The summed E-state index contributed by atoms with van der Waals surface area (Å²) in [5, 5.41) is 5.50. The Morgan fingerprint density at radius 2 is 2.30 bits per heavy atom. The summed E-state index contributed by atoms with van der Waals surface area (Å²) in [5.41, 5.74) is 0. The Hall–Kier alpha value is -0.910. The van der Waals surface area contributed by atoms with Gasteiger partial charge in [-0.05, 0) is 32.2 Å². The second kappa shape index (κ2) is 7.20. The van der Waals surface area contributed by atoms with Gasteiger partial charge in [0.25, 0.3) is 0 Å². The van der Waals surface area contributed by atoms with Crippen LogP contribution in [0.3, 0.4) is 0 Å². The normalized spacial score (nSPS) is 21.6. The van der Waals surface area contributed by atoms with Crippen LogP contribution in [0.2, 0.25) is 0 Å². The molecule has 5 heteroatoms. The molecule has 1 aromatic heterocycles. The number of carbonyl (C=O) groups excluding carboxylic acids is 1. The monoisotopic (exact) mass is 295 g/mol. The van der Waals surface area contributed by atoms with Crippen LogP contribution in [0.1, 0.15) is 31.7 Å². The molecule has 2 atom stereocenters. The quantitative estimate of drug-likeness (QED) is 0.902. The maximum Gasteiger partial charge on any atom is 0.245 e. The van der Waals surface area contributed by atoms with E-state index in [1.807, 2.05) is 24.8 Å². The molecule has 1 aromatic rings. The van der Waals surface area contributed by atoms with Crippen LogP contribution in [0.5, 0.6) is 0 Å². The van der Waals surface area contributed by atoms with Crippen LogP contribution < -0.4 is 5.32 Å². The number of nitrogens with one attached hydrogen (secondary N) is 1. The SMILES string of the molecule is CCN(CC)C(=O)C(c1cccs1)N1CCNC(C)C1. The standard InChI is InChI=1S/C15H25N3OS/c1-4-17(5-2)15(19)14(13-7-6-10-20-13)18-9-8-16-12(3)11-18/h6-7,10,12,14,16H,4-5,8-9,11H2,1-3H3. The van der Waals surface area contributed by atoms with Gasteiger partial charge in [-0.2, -0.15) is 0 Å². The van der Waals surface area contributed by atoms with Gasteiger partial charge in [0, 0.05) is 43.6 Å². The van der Waals surface area contributed by atoms with E-state index in [1.165, 1.54) is 0 Å². The number of hydrogen-bond acceptors (Lipinski definition) is 4. The highest BCUT2D eigenvalue weighted by molar-refractivity contribution is 7.10. The Morgan fingerprint density at radius 3 is 2.85 bits per heavy atom. The summed E-state index contributed by atoms with van der Waals surface area (Å²) in [7, 11) is 0. The molecule has 20 heavy (non-hydrogen) atoms. The number of likely N-dealkylation sites (N-methyl/N-ethyl adjacent to an activating group) is 1. The molecule has 112 valence electrons. The second-order valence-corrected chi connectivity index (χ2v) is 6.26. The molecule has 1 fully saturated rings. The molecule has 1 aliphatic heterocycles. The molecule has 1 amide bonds. The van der Waals surface area contributed by atoms with Crippen LogP contribution in [0.4, 0.5) is 0 Å². The molecule has 1 N–H and O–H groups in total. The zero-order chi connectivity index (χ0) is 14.5. The van der Waals surface area contributed by atoms with Gasteiger partial charge in [-0.15, -0.1) is 11.3 Å². The fraction of sp³-hybridized carbons (Fsp3) is 0.667. The Morgan fingerprint density at radius 1 is 1.55 bits per heavy atom. The molecular formula is C15H25N3OS. The average Bonchev–Trinajstić information content (AvgIpc) is 2.94. The van der Waals surface area contributed by atoms with Crippen molar-refractivity contribution in [2.45, 2.75) is 32.9 Å². The average molecular weight is 295 g/mol. The van der Waals surface area contributed by atoms with E-state index in [2.05, 4.69) is 28.6 Å². The highest BCUT2D eigenvalue weighted by Crippen LogP contribution is 2.28. The highest BCUT2D eigenvalue weighted by atomic mass is 32.1. The topological polar surface area (TPSA) is 35.6 Å². The first-order chi connectivity index (χ1) is 9.67. The van der Waals surface area contributed by atoms with Crippen molar-refractivity contribution in [3.63, 3.8) is 0 Å². The van der Waals surface area contributed by atoms with Gasteiger partial charge in [0.2, 0.25) is 5.91 Å². The zero-order valence-corrected chi connectivity index (χ0v) is 13.4. The summed E-state index contributed by atoms with van der Waals surface area (Å²) in [6, 6.07) is 4.45. The molecule has 4 nitrogen and oxygen atoms in total. The summed E-state index contributed by atoms with van der Waals surface area (Å²) < 4.78 is 0. The largest absolute Gasteiger partial charge is 0.342 e. The van der Waals surface area contributed by atoms with Gasteiger partial charge in [-0.3, -0.25) is 9.69 Å². The molecule has 2 heterocycles. The molecular weight excluding hydrogens is 270 g/mol. The fourth-order valence-corrected chi connectivity index (χ4v) is 3.66. The van der Waals surface area contributed by atoms with Crippen molar-refractivity contribution in [1.82, 2.24) is 15.1 Å². The van der Waals surface area contributed by atoms with E-state index in [0.29, 0.717) is 6.04 Å². The number of amides is 1. The Labute approximate surface area is 125 Å². The zero-order valence-electron chi connectivity index (χ0n) is 12.6. The third kappa shape index (κ3) is 3.40. The minimum absolute atomic E-state index is 0.112. The number of piperazine rings is 1. The maximum atomic E-state index is 12.9. The van der Waals surface area contributed by atoms with Crippen LogP contribution in [-0.2, 0) is 4.79 Å². The Bertz CT molecular complexity index is 417. The van der Waals surface area contributed by atoms with Crippen molar-refractivity contribution in [1.29, 1.82) is 0 Å². The van der Waals surface area contributed by atoms with Crippen LogP contribution in [0.15, 0.2) is 17.5 Å². The molecule has 0 bridgehead atoms. The van der Waals surface area contributed by atoms with Gasteiger partial charge < -0.3 is 10.2 Å². The number of nitrogens with zero attached hydrogens (tertiary/aromatic N) is 2. The summed E-state index contributed by atoms with van der Waals surface area (Å²) in [5.74, 6) is 0.242. The molecule has 0 aliphatic carbocycles. The summed E-state index contributed by atoms with van der Waals surface area (Å²) in [4.78, 5) is 18.3. The minimum Gasteiger partial charge on any atom is -0.342 e. The fourth-order valence-electron chi connectivity index (χ4n) is 2.81. The third-order valence-electron chi connectivity index (χ3n) is 3.89. The van der Waals surface area contributed by atoms with Crippen molar-refractivity contribution in [2.24, 2.45) is 0 Å². The van der Waals surface area contributed by atoms with E-state index in [0.717, 1.165) is 37.6 Å². The van der Waals surface area contributed by atoms with E-state index in [1.54, 1.807) is 11.3 Å². The summed E-state index contributed by atoms with van der Waals surface area (Å²) in [6.07, 6.45) is 0. The Balaban J connectivity index is 2.23. The van der Waals surface area contributed by atoms with E-state index in [9.17, 15) is 4.79 Å². The summed E-state index contributed by atoms with van der Waals surface area (Å²) >= 11 is 1.68. The van der Waals surface area contributed by atoms with Crippen molar-refractivity contribution < 1.29 is 4.79 Å². The number of carbonyl (C=O) groups is 1. The van der Waals surface area contributed by atoms with E-state index < -0.39 is 0 Å². The predicted molar refractivity (Wildman–Crippen MR) is 84.0 cm³/mol. The molecule has 0 aromatic carbocycles. The van der Waals surface area contributed by atoms with Gasteiger partial charge in [0.05, 0.1) is 0 Å². The molecule has 0 spiro atoms. The van der Waals surface area contributed by atoms with Gasteiger partial charge >= 0.3 is 0 Å². The molecule has 0 saturated carbocycles. The van der Waals surface area contributed by atoms with Crippen molar-refractivity contribution in [2.75, 3.05) is 32.7 Å². The molecule has 1 aliphatic rings. The van der Waals surface area contributed by atoms with Crippen LogP contribution in [0, 0.1) is 0 Å². The van der Waals surface area contributed by atoms with E-state index in [-0.39, 0.29) is 11.9 Å². The van der Waals surface area contributed by atoms with Crippen LogP contribution in [-0.4, -0.2) is 54.5 Å². The van der Waals surface area contributed by atoms with Gasteiger partial charge in [0.1, 0.15) is 6.04 Å².